The quantitative estimate of drug-likeness (QED) is 0.902. The average molecular weight is 292 g/mol. The monoisotopic (exact) mass is 292 g/mol. The van der Waals surface area contributed by atoms with Gasteiger partial charge in [0.1, 0.15) is 0 Å². The van der Waals surface area contributed by atoms with Crippen LogP contribution in [-0.2, 0) is 5.54 Å². The highest BCUT2D eigenvalue weighted by atomic mass is 16.1. The third-order valence-corrected chi connectivity index (χ3v) is 4.19. The van der Waals surface area contributed by atoms with E-state index in [1.807, 2.05) is 20.8 Å². The molecule has 1 saturated carbocycles. The van der Waals surface area contributed by atoms with Gasteiger partial charge in [0.25, 0.3) is 5.56 Å². The van der Waals surface area contributed by atoms with Crippen molar-refractivity contribution in [1.82, 2.24) is 9.55 Å². The topological polar surface area (TPSA) is 64.2 Å². The predicted molar refractivity (Wildman–Crippen MR) is 86.8 cm³/mol. The maximum absolute atomic E-state index is 12.8. The number of rotatable bonds is 5. The Balaban J connectivity index is 2.37. The molecule has 0 atom stereocenters. The van der Waals surface area contributed by atoms with Crippen LogP contribution in [0.4, 0.5) is 5.82 Å². The molecular weight excluding hydrogens is 264 g/mol. The summed E-state index contributed by atoms with van der Waals surface area (Å²) < 4.78 is 1.78. The minimum absolute atomic E-state index is 0.00826. The molecule has 118 valence electrons. The molecule has 5 heteroatoms. The summed E-state index contributed by atoms with van der Waals surface area (Å²) in [5, 5.41) is 0. The van der Waals surface area contributed by atoms with E-state index in [-0.39, 0.29) is 11.1 Å². The first-order valence-corrected chi connectivity index (χ1v) is 8.00. The zero-order chi connectivity index (χ0) is 15.5. The normalized spacial score (nSPS) is 16.4. The fourth-order valence-electron chi connectivity index (χ4n) is 3.07. The maximum Gasteiger partial charge on any atom is 0.293 e. The van der Waals surface area contributed by atoms with Gasteiger partial charge < -0.3 is 15.2 Å². The van der Waals surface area contributed by atoms with Gasteiger partial charge in [0.15, 0.2) is 5.82 Å². The van der Waals surface area contributed by atoms with Crippen LogP contribution in [-0.4, -0.2) is 28.7 Å². The minimum atomic E-state index is -0.232. The molecule has 1 aromatic heterocycles. The first-order valence-electron chi connectivity index (χ1n) is 8.00. The van der Waals surface area contributed by atoms with Gasteiger partial charge in [-0.3, -0.25) is 4.79 Å². The average Bonchev–Trinajstić information content (AvgIpc) is 2.93. The Bertz CT molecular complexity index is 512. The first-order chi connectivity index (χ1) is 9.95. The molecule has 2 N–H and O–H groups in total. The van der Waals surface area contributed by atoms with E-state index in [2.05, 4.69) is 9.88 Å². The molecule has 1 heterocycles. The summed E-state index contributed by atoms with van der Waals surface area (Å²) in [5.74, 6) is 0.591. The molecule has 5 nitrogen and oxygen atoms in total. The minimum Gasteiger partial charge on any atom is -0.349 e. The van der Waals surface area contributed by atoms with Crippen LogP contribution in [0.15, 0.2) is 17.2 Å². The number of nitrogens with zero attached hydrogens (tertiary/aromatic N) is 3. The van der Waals surface area contributed by atoms with Gasteiger partial charge in [-0.05, 0) is 46.6 Å². The predicted octanol–water partition coefficient (Wildman–Crippen LogP) is 2.10. The summed E-state index contributed by atoms with van der Waals surface area (Å²) >= 11 is 0. The molecule has 0 unspecified atom stereocenters. The number of anilines is 1. The number of aromatic nitrogens is 2. The number of hydrogen-bond donors (Lipinski definition) is 1. The Morgan fingerprint density at radius 3 is 2.62 bits per heavy atom. The van der Waals surface area contributed by atoms with Gasteiger partial charge >= 0.3 is 0 Å². The van der Waals surface area contributed by atoms with Gasteiger partial charge in [0, 0.05) is 30.5 Å². The molecule has 0 amide bonds. The van der Waals surface area contributed by atoms with Crippen molar-refractivity contribution in [2.45, 2.75) is 64.5 Å². The van der Waals surface area contributed by atoms with Gasteiger partial charge in [-0.2, -0.15) is 0 Å². The zero-order valence-corrected chi connectivity index (χ0v) is 13.5. The molecule has 0 saturated heterocycles. The second-order valence-electron chi connectivity index (χ2n) is 6.87. The maximum atomic E-state index is 12.8. The molecule has 1 aromatic rings. The van der Waals surface area contributed by atoms with E-state index >= 15 is 0 Å². The summed E-state index contributed by atoms with van der Waals surface area (Å²) in [4.78, 5) is 19.4. The molecule has 0 bridgehead atoms. The van der Waals surface area contributed by atoms with Crippen molar-refractivity contribution in [3.05, 3.63) is 22.7 Å². The molecule has 2 rings (SSSR count). The summed E-state index contributed by atoms with van der Waals surface area (Å²) in [6.07, 6.45) is 9.19. The highest BCUT2D eigenvalue weighted by Gasteiger charge is 2.27. The Labute approximate surface area is 127 Å². The van der Waals surface area contributed by atoms with E-state index in [1.54, 1.807) is 17.0 Å². The summed E-state index contributed by atoms with van der Waals surface area (Å²) in [6.45, 7) is 7.58. The van der Waals surface area contributed by atoms with Crippen LogP contribution >= 0.6 is 0 Å². The SMILES string of the molecule is CC(C)(C)n1ccnc(N(CCCN)C2CCCC2)c1=O. The van der Waals surface area contributed by atoms with Gasteiger partial charge in [-0.1, -0.05) is 12.8 Å². The van der Waals surface area contributed by atoms with Crippen molar-refractivity contribution in [2.75, 3.05) is 18.0 Å². The van der Waals surface area contributed by atoms with Crippen molar-refractivity contribution in [1.29, 1.82) is 0 Å². The van der Waals surface area contributed by atoms with E-state index in [0.29, 0.717) is 18.4 Å². The smallest absolute Gasteiger partial charge is 0.293 e. The molecular formula is C16H28N4O. The van der Waals surface area contributed by atoms with Gasteiger partial charge in [0.2, 0.25) is 0 Å². The third-order valence-electron chi connectivity index (χ3n) is 4.19. The molecule has 1 aliphatic rings. The largest absolute Gasteiger partial charge is 0.349 e. The summed E-state index contributed by atoms with van der Waals surface area (Å²) in [7, 11) is 0. The van der Waals surface area contributed by atoms with E-state index < -0.39 is 0 Å². The first kappa shape index (κ1) is 16.0. The Kier molecular flexibility index (Phi) is 5.04. The van der Waals surface area contributed by atoms with Crippen molar-refractivity contribution in [3.63, 3.8) is 0 Å². The van der Waals surface area contributed by atoms with Crippen LogP contribution in [0.1, 0.15) is 52.9 Å². The fraction of sp³-hybridized carbons (Fsp3) is 0.750. The fourth-order valence-corrected chi connectivity index (χ4v) is 3.07. The van der Waals surface area contributed by atoms with Crippen LogP contribution in [0.5, 0.6) is 0 Å². The van der Waals surface area contributed by atoms with Crippen molar-refractivity contribution < 1.29 is 0 Å². The second kappa shape index (κ2) is 6.60. The van der Waals surface area contributed by atoms with Crippen LogP contribution < -0.4 is 16.2 Å². The molecule has 1 aliphatic carbocycles. The molecule has 0 aromatic carbocycles. The molecule has 0 spiro atoms. The Hall–Kier alpha value is -1.36. The number of hydrogen-bond acceptors (Lipinski definition) is 4. The highest BCUT2D eigenvalue weighted by Crippen LogP contribution is 2.26. The van der Waals surface area contributed by atoms with Crippen LogP contribution in [0.2, 0.25) is 0 Å². The van der Waals surface area contributed by atoms with Gasteiger partial charge in [-0.25, -0.2) is 4.98 Å². The lowest BCUT2D eigenvalue weighted by atomic mass is 10.1. The van der Waals surface area contributed by atoms with Crippen LogP contribution in [0.3, 0.4) is 0 Å². The van der Waals surface area contributed by atoms with E-state index in [0.717, 1.165) is 25.8 Å². The zero-order valence-electron chi connectivity index (χ0n) is 13.5. The van der Waals surface area contributed by atoms with Gasteiger partial charge in [-0.15, -0.1) is 0 Å². The molecule has 0 radical (unpaired) electrons. The van der Waals surface area contributed by atoms with Crippen LogP contribution in [0.25, 0.3) is 0 Å². The Morgan fingerprint density at radius 1 is 1.38 bits per heavy atom. The van der Waals surface area contributed by atoms with Crippen LogP contribution in [0, 0.1) is 0 Å². The third kappa shape index (κ3) is 3.64. The van der Waals surface area contributed by atoms with Gasteiger partial charge in [0.05, 0.1) is 0 Å². The lowest BCUT2D eigenvalue weighted by molar-refractivity contribution is 0.381. The van der Waals surface area contributed by atoms with E-state index in [9.17, 15) is 4.79 Å². The molecule has 21 heavy (non-hydrogen) atoms. The Morgan fingerprint density at radius 2 is 2.05 bits per heavy atom. The second-order valence-corrected chi connectivity index (χ2v) is 6.87. The summed E-state index contributed by atoms with van der Waals surface area (Å²) in [5.41, 5.74) is 5.44. The lowest BCUT2D eigenvalue weighted by Crippen LogP contribution is -2.43. The highest BCUT2D eigenvalue weighted by molar-refractivity contribution is 5.38. The standard InChI is InChI=1S/C16H28N4O/c1-16(2,3)20-12-10-18-14(15(20)21)19(11-6-9-17)13-7-4-5-8-13/h10,12-13H,4-9,11,17H2,1-3H3. The van der Waals surface area contributed by atoms with Crippen molar-refractivity contribution in [3.8, 4) is 0 Å². The molecule has 0 aliphatic heterocycles. The summed E-state index contributed by atoms with van der Waals surface area (Å²) in [6, 6.07) is 0.438. The number of nitrogens with two attached hydrogens (primary N) is 1. The van der Waals surface area contributed by atoms with Crippen molar-refractivity contribution >= 4 is 5.82 Å². The molecule has 1 fully saturated rings. The van der Waals surface area contributed by atoms with E-state index in [4.69, 9.17) is 5.73 Å². The lowest BCUT2D eigenvalue weighted by Gasteiger charge is -2.31. The van der Waals surface area contributed by atoms with Crippen molar-refractivity contribution in [2.24, 2.45) is 5.73 Å². The van der Waals surface area contributed by atoms with E-state index in [1.165, 1.54) is 12.8 Å².